The normalized spacial score (nSPS) is 11.7. The Hall–Kier alpha value is -3.47. The van der Waals surface area contributed by atoms with Crippen LogP contribution in [-0.4, -0.2) is 20.7 Å². The highest BCUT2D eigenvalue weighted by molar-refractivity contribution is 6.04. The van der Waals surface area contributed by atoms with Crippen LogP contribution in [0, 0.1) is 27.7 Å². The van der Waals surface area contributed by atoms with Gasteiger partial charge < -0.3 is 5.32 Å². The van der Waals surface area contributed by atoms with Gasteiger partial charge in [-0.2, -0.15) is 9.78 Å². The number of carbonyl (C=O) groups excluding carboxylic acids is 1. The van der Waals surface area contributed by atoms with E-state index < -0.39 is 0 Å². The average Bonchev–Trinajstić information content (AvgIpc) is 3.08. The molecule has 0 aliphatic carbocycles. The van der Waals surface area contributed by atoms with E-state index in [1.165, 1.54) is 11.1 Å². The molecule has 0 radical (unpaired) electrons. The van der Waals surface area contributed by atoms with Gasteiger partial charge in [-0.25, -0.2) is 4.98 Å². The average molecular weight is 427 g/mol. The lowest BCUT2D eigenvalue weighted by molar-refractivity contribution is 0.102. The summed E-state index contributed by atoms with van der Waals surface area (Å²) in [5, 5.41) is 8.76. The van der Waals surface area contributed by atoms with E-state index in [9.17, 15) is 4.79 Å². The first-order chi connectivity index (χ1) is 15.0. The summed E-state index contributed by atoms with van der Waals surface area (Å²) in [5.41, 5.74) is 7.07. The van der Waals surface area contributed by atoms with Crippen LogP contribution in [0.5, 0.6) is 0 Å². The highest BCUT2D eigenvalue weighted by Crippen LogP contribution is 2.26. The van der Waals surface area contributed by atoms with Crippen LogP contribution in [0.25, 0.3) is 16.7 Å². The summed E-state index contributed by atoms with van der Waals surface area (Å²) in [6, 6.07) is 15.9. The van der Waals surface area contributed by atoms with Gasteiger partial charge in [0.1, 0.15) is 5.82 Å². The van der Waals surface area contributed by atoms with Crippen molar-refractivity contribution in [2.24, 2.45) is 0 Å². The third kappa shape index (κ3) is 4.15. The van der Waals surface area contributed by atoms with Crippen molar-refractivity contribution in [3.05, 3.63) is 82.0 Å². The molecule has 4 rings (SSSR count). The minimum absolute atomic E-state index is 0.0427. The van der Waals surface area contributed by atoms with E-state index in [1.54, 1.807) is 4.68 Å². The summed E-state index contributed by atoms with van der Waals surface area (Å²) in [4.78, 5) is 17.9. The fourth-order valence-electron chi connectivity index (χ4n) is 4.01. The maximum absolute atomic E-state index is 13.0. The number of benzene rings is 2. The smallest absolute Gasteiger partial charge is 0.256 e. The van der Waals surface area contributed by atoms with Gasteiger partial charge >= 0.3 is 0 Å². The molecule has 0 saturated carbocycles. The van der Waals surface area contributed by atoms with Gasteiger partial charge in [-0.05, 0) is 74.1 Å². The maximum atomic E-state index is 13.0. The zero-order valence-electron chi connectivity index (χ0n) is 19.9. The molecule has 0 spiro atoms. The molecule has 5 nitrogen and oxygen atoms in total. The molecule has 0 aliphatic rings. The molecule has 5 heteroatoms. The topological polar surface area (TPSA) is 59.8 Å². The van der Waals surface area contributed by atoms with Crippen molar-refractivity contribution in [2.75, 3.05) is 5.32 Å². The molecular weight excluding hydrogens is 396 g/mol. The molecule has 4 aromatic rings. The van der Waals surface area contributed by atoms with Crippen molar-refractivity contribution in [3.8, 4) is 5.82 Å². The summed E-state index contributed by atoms with van der Waals surface area (Å²) in [6.45, 7) is 14.6. The van der Waals surface area contributed by atoms with Crippen LogP contribution >= 0.6 is 0 Å². The number of carbonyl (C=O) groups is 1. The number of anilines is 1. The molecule has 0 atom stereocenters. The Balaban J connectivity index is 1.70. The Labute approximate surface area is 189 Å². The van der Waals surface area contributed by atoms with Crippen LogP contribution < -0.4 is 5.32 Å². The van der Waals surface area contributed by atoms with Crippen molar-refractivity contribution in [1.29, 1.82) is 0 Å². The molecule has 2 aromatic carbocycles. The molecule has 0 bridgehead atoms. The van der Waals surface area contributed by atoms with Gasteiger partial charge in [-0.1, -0.05) is 44.5 Å². The largest absolute Gasteiger partial charge is 0.306 e. The monoisotopic (exact) mass is 426 g/mol. The van der Waals surface area contributed by atoms with Crippen LogP contribution in [0.4, 0.5) is 5.82 Å². The molecule has 2 aromatic heterocycles. The van der Waals surface area contributed by atoms with Gasteiger partial charge in [0.2, 0.25) is 0 Å². The number of amides is 1. The van der Waals surface area contributed by atoms with E-state index in [0.29, 0.717) is 17.2 Å². The van der Waals surface area contributed by atoms with Crippen LogP contribution in [0.15, 0.2) is 48.5 Å². The van der Waals surface area contributed by atoms with Crippen molar-refractivity contribution in [1.82, 2.24) is 14.8 Å². The number of aromatic nitrogens is 3. The number of aryl methyl sites for hydroxylation is 4. The Kier molecular flexibility index (Phi) is 5.37. The molecule has 2 heterocycles. The van der Waals surface area contributed by atoms with Gasteiger partial charge in [0.05, 0.1) is 11.2 Å². The Morgan fingerprint density at radius 2 is 1.59 bits per heavy atom. The molecule has 1 N–H and O–H groups in total. The van der Waals surface area contributed by atoms with E-state index in [1.807, 2.05) is 43.3 Å². The summed E-state index contributed by atoms with van der Waals surface area (Å²) >= 11 is 0. The third-order valence-electron chi connectivity index (χ3n) is 5.74. The van der Waals surface area contributed by atoms with Crippen LogP contribution in [0.1, 0.15) is 59.1 Å². The highest BCUT2D eigenvalue weighted by Gasteiger charge is 2.17. The number of pyridine rings is 1. The quantitative estimate of drug-likeness (QED) is 0.424. The molecular formula is C27H30N4O. The Morgan fingerprint density at radius 1 is 0.906 bits per heavy atom. The molecule has 1 amide bonds. The lowest BCUT2D eigenvalue weighted by atomic mass is 9.87. The number of nitrogens with one attached hydrogen (secondary N) is 1. The minimum atomic E-state index is -0.170. The van der Waals surface area contributed by atoms with Crippen LogP contribution in [0.2, 0.25) is 0 Å². The first-order valence-corrected chi connectivity index (χ1v) is 10.9. The number of fused-ring (bicyclic) bond motifs is 1. The van der Waals surface area contributed by atoms with Gasteiger partial charge in [0.25, 0.3) is 5.91 Å². The van der Waals surface area contributed by atoms with E-state index in [0.717, 1.165) is 27.7 Å². The van der Waals surface area contributed by atoms with Crippen molar-refractivity contribution in [3.63, 3.8) is 0 Å². The summed E-state index contributed by atoms with van der Waals surface area (Å²) in [6.07, 6.45) is 0. The zero-order chi connectivity index (χ0) is 23.2. The molecule has 164 valence electrons. The fraction of sp³-hybridized carbons (Fsp3) is 0.296. The number of hydrogen-bond donors (Lipinski definition) is 1. The van der Waals surface area contributed by atoms with Gasteiger partial charge in [-0.15, -0.1) is 0 Å². The maximum Gasteiger partial charge on any atom is 0.256 e. The van der Waals surface area contributed by atoms with E-state index in [2.05, 4.69) is 64.1 Å². The first-order valence-electron chi connectivity index (χ1n) is 10.9. The van der Waals surface area contributed by atoms with Gasteiger partial charge in [0.15, 0.2) is 5.82 Å². The first kappa shape index (κ1) is 21.8. The molecule has 0 fully saturated rings. The molecule has 0 aliphatic heterocycles. The fourth-order valence-corrected chi connectivity index (χ4v) is 4.01. The van der Waals surface area contributed by atoms with Gasteiger partial charge in [-0.3, -0.25) is 4.79 Å². The standard InChI is InChI=1S/C27H30N4O/c1-16-12-18(3)25-22(13-16)17(2)14-23(28-25)31-24(15-19(4)30-31)29-26(32)20-8-10-21(11-9-20)27(5,6)7/h8-15H,1-7H3,(H,29,32). The van der Waals surface area contributed by atoms with Crippen molar-refractivity contribution >= 4 is 22.6 Å². The zero-order valence-corrected chi connectivity index (χ0v) is 19.9. The lowest BCUT2D eigenvalue weighted by Crippen LogP contribution is -2.16. The molecule has 32 heavy (non-hydrogen) atoms. The summed E-state index contributed by atoms with van der Waals surface area (Å²) < 4.78 is 1.71. The van der Waals surface area contributed by atoms with Crippen molar-refractivity contribution in [2.45, 2.75) is 53.9 Å². The lowest BCUT2D eigenvalue weighted by Gasteiger charge is -2.19. The van der Waals surface area contributed by atoms with E-state index >= 15 is 0 Å². The predicted octanol–water partition coefficient (Wildman–Crippen LogP) is 6.20. The van der Waals surface area contributed by atoms with Gasteiger partial charge in [0, 0.05) is 17.0 Å². The van der Waals surface area contributed by atoms with E-state index in [-0.39, 0.29) is 11.3 Å². The number of nitrogens with zero attached hydrogens (tertiary/aromatic N) is 3. The summed E-state index contributed by atoms with van der Waals surface area (Å²) in [7, 11) is 0. The molecule has 0 unspecified atom stereocenters. The predicted molar refractivity (Wildman–Crippen MR) is 131 cm³/mol. The number of rotatable bonds is 3. The second-order valence-electron chi connectivity index (χ2n) is 9.64. The second-order valence-corrected chi connectivity index (χ2v) is 9.64. The highest BCUT2D eigenvalue weighted by atomic mass is 16.1. The third-order valence-corrected chi connectivity index (χ3v) is 5.74. The van der Waals surface area contributed by atoms with E-state index in [4.69, 9.17) is 4.98 Å². The van der Waals surface area contributed by atoms with Crippen LogP contribution in [0.3, 0.4) is 0 Å². The number of hydrogen-bond acceptors (Lipinski definition) is 3. The SMILES string of the molecule is Cc1cc(C)c2nc(-n3nc(C)cc3NC(=O)c3ccc(C(C)(C)C)cc3)cc(C)c2c1. The van der Waals surface area contributed by atoms with Crippen molar-refractivity contribution < 1.29 is 4.79 Å². The minimum Gasteiger partial charge on any atom is -0.306 e. The second kappa shape index (κ2) is 7.90. The summed E-state index contributed by atoms with van der Waals surface area (Å²) in [5.74, 6) is 1.12. The Morgan fingerprint density at radius 3 is 2.25 bits per heavy atom. The molecule has 0 saturated heterocycles. The Bertz CT molecular complexity index is 1320. The van der Waals surface area contributed by atoms with Crippen LogP contribution in [-0.2, 0) is 5.41 Å².